The van der Waals surface area contributed by atoms with E-state index in [1.807, 2.05) is 44.0 Å². The zero-order chi connectivity index (χ0) is 12.8. The lowest BCUT2D eigenvalue weighted by Crippen LogP contribution is -2.33. The Hall–Kier alpha value is -1.39. The first-order chi connectivity index (χ1) is 8.02. The van der Waals surface area contributed by atoms with Gasteiger partial charge in [-0.1, -0.05) is 12.1 Å². The van der Waals surface area contributed by atoms with Crippen LogP contribution in [0.15, 0.2) is 18.2 Å². The molecule has 0 aliphatic rings. The van der Waals surface area contributed by atoms with Gasteiger partial charge in [0.05, 0.1) is 6.54 Å². The quantitative estimate of drug-likeness (QED) is 0.804. The van der Waals surface area contributed by atoms with Crippen molar-refractivity contribution in [2.75, 3.05) is 32.0 Å². The summed E-state index contributed by atoms with van der Waals surface area (Å²) < 4.78 is 0. The van der Waals surface area contributed by atoms with Crippen LogP contribution in [0.5, 0.6) is 0 Å². The van der Waals surface area contributed by atoms with Gasteiger partial charge >= 0.3 is 0 Å². The molecule has 4 heteroatoms. The molecule has 0 bridgehead atoms. The van der Waals surface area contributed by atoms with Crippen molar-refractivity contribution in [2.24, 2.45) is 5.73 Å². The van der Waals surface area contributed by atoms with Crippen molar-refractivity contribution in [1.82, 2.24) is 4.90 Å². The van der Waals surface area contributed by atoms with Crippen molar-refractivity contribution in [1.29, 1.82) is 0 Å². The van der Waals surface area contributed by atoms with E-state index in [0.29, 0.717) is 13.1 Å². The van der Waals surface area contributed by atoms with E-state index in [2.05, 4.69) is 5.32 Å². The minimum absolute atomic E-state index is 0.00495. The Morgan fingerprint density at radius 3 is 2.76 bits per heavy atom. The third-order valence-corrected chi connectivity index (χ3v) is 2.59. The lowest BCUT2D eigenvalue weighted by Gasteiger charge is -2.15. The van der Waals surface area contributed by atoms with E-state index in [9.17, 15) is 4.79 Å². The number of hydrogen-bond acceptors (Lipinski definition) is 3. The summed E-state index contributed by atoms with van der Waals surface area (Å²) in [5.41, 5.74) is 8.53. The molecule has 94 valence electrons. The minimum Gasteiger partial charge on any atom is -0.329 e. The number of nitrogens with one attached hydrogen (secondary N) is 1. The second-order valence-electron chi connectivity index (χ2n) is 4.39. The fourth-order valence-corrected chi connectivity index (χ4v) is 1.60. The summed E-state index contributed by atoms with van der Waals surface area (Å²) in [6.45, 7) is 5.65. The van der Waals surface area contributed by atoms with Gasteiger partial charge in [0.25, 0.3) is 0 Å². The number of carbonyl (C=O) groups excluding carboxylic acids is 1. The van der Waals surface area contributed by atoms with E-state index in [4.69, 9.17) is 5.73 Å². The summed E-state index contributed by atoms with van der Waals surface area (Å²) in [7, 11) is 1.88. The monoisotopic (exact) mass is 235 g/mol. The second-order valence-corrected chi connectivity index (χ2v) is 4.39. The van der Waals surface area contributed by atoms with E-state index in [1.165, 1.54) is 0 Å². The SMILES string of the molecule is Cc1ccc(C)c(NC(=O)CN(C)CCN)c1. The third kappa shape index (κ3) is 4.54. The molecule has 0 aliphatic heterocycles. The van der Waals surface area contributed by atoms with E-state index < -0.39 is 0 Å². The first kappa shape index (κ1) is 13.7. The number of rotatable bonds is 5. The van der Waals surface area contributed by atoms with Gasteiger partial charge in [0.15, 0.2) is 0 Å². The van der Waals surface area contributed by atoms with E-state index in [0.717, 1.165) is 23.4 Å². The summed E-state index contributed by atoms with van der Waals surface area (Å²) >= 11 is 0. The molecule has 3 N–H and O–H groups in total. The predicted octanol–water partition coefficient (Wildman–Crippen LogP) is 1.13. The number of aryl methyl sites for hydroxylation is 2. The highest BCUT2D eigenvalue weighted by Gasteiger charge is 2.07. The van der Waals surface area contributed by atoms with Gasteiger partial charge in [-0.3, -0.25) is 9.69 Å². The van der Waals surface area contributed by atoms with Crippen LogP contribution in [-0.4, -0.2) is 37.5 Å². The molecule has 0 saturated heterocycles. The van der Waals surface area contributed by atoms with Gasteiger partial charge < -0.3 is 11.1 Å². The molecule has 0 aliphatic carbocycles. The van der Waals surface area contributed by atoms with Crippen LogP contribution in [-0.2, 0) is 4.79 Å². The third-order valence-electron chi connectivity index (χ3n) is 2.59. The maximum Gasteiger partial charge on any atom is 0.238 e. The van der Waals surface area contributed by atoms with Gasteiger partial charge in [-0.05, 0) is 38.1 Å². The normalized spacial score (nSPS) is 10.6. The minimum atomic E-state index is -0.00495. The van der Waals surface area contributed by atoms with Crippen LogP contribution in [0, 0.1) is 13.8 Å². The van der Waals surface area contributed by atoms with Crippen molar-refractivity contribution in [2.45, 2.75) is 13.8 Å². The Bertz CT molecular complexity index is 390. The van der Waals surface area contributed by atoms with Crippen molar-refractivity contribution >= 4 is 11.6 Å². The molecule has 0 unspecified atom stereocenters. The second kappa shape index (κ2) is 6.37. The Balaban J connectivity index is 2.58. The lowest BCUT2D eigenvalue weighted by molar-refractivity contribution is -0.117. The van der Waals surface area contributed by atoms with Gasteiger partial charge in [0, 0.05) is 18.8 Å². The zero-order valence-electron chi connectivity index (χ0n) is 10.8. The smallest absolute Gasteiger partial charge is 0.238 e. The van der Waals surface area contributed by atoms with Crippen LogP contribution in [0.3, 0.4) is 0 Å². The topological polar surface area (TPSA) is 58.4 Å². The number of anilines is 1. The first-order valence-electron chi connectivity index (χ1n) is 5.78. The number of hydrogen-bond donors (Lipinski definition) is 2. The molecule has 0 fully saturated rings. The predicted molar refractivity (Wildman–Crippen MR) is 71.1 cm³/mol. The molecule has 0 spiro atoms. The fraction of sp³-hybridized carbons (Fsp3) is 0.462. The van der Waals surface area contributed by atoms with E-state index in [-0.39, 0.29) is 5.91 Å². The molecule has 0 radical (unpaired) electrons. The summed E-state index contributed by atoms with van der Waals surface area (Å²) in [4.78, 5) is 13.7. The maximum atomic E-state index is 11.8. The van der Waals surface area contributed by atoms with Gasteiger partial charge in [0.1, 0.15) is 0 Å². The van der Waals surface area contributed by atoms with E-state index in [1.54, 1.807) is 0 Å². The molecule has 1 aromatic carbocycles. The maximum absolute atomic E-state index is 11.8. The molecule has 1 rings (SSSR count). The zero-order valence-corrected chi connectivity index (χ0v) is 10.8. The average molecular weight is 235 g/mol. The largest absolute Gasteiger partial charge is 0.329 e. The summed E-state index contributed by atoms with van der Waals surface area (Å²) in [5.74, 6) is -0.00495. The highest BCUT2D eigenvalue weighted by Crippen LogP contribution is 2.16. The summed E-state index contributed by atoms with van der Waals surface area (Å²) in [6.07, 6.45) is 0. The van der Waals surface area contributed by atoms with Gasteiger partial charge in [-0.15, -0.1) is 0 Å². The Morgan fingerprint density at radius 2 is 2.12 bits per heavy atom. The van der Waals surface area contributed by atoms with Crippen molar-refractivity contribution in [3.05, 3.63) is 29.3 Å². The van der Waals surface area contributed by atoms with Crippen molar-refractivity contribution in [3.63, 3.8) is 0 Å². The molecular formula is C13H21N3O. The van der Waals surface area contributed by atoms with E-state index >= 15 is 0 Å². The molecule has 17 heavy (non-hydrogen) atoms. The van der Waals surface area contributed by atoms with Crippen molar-refractivity contribution < 1.29 is 4.79 Å². The van der Waals surface area contributed by atoms with Crippen LogP contribution in [0.4, 0.5) is 5.69 Å². The Morgan fingerprint density at radius 1 is 1.41 bits per heavy atom. The van der Waals surface area contributed by atoms with Gasteiger partial charge in [-0.25, -0.2) is 0 Å². The number of benzene rings is 1. The highest BCUT2D eigenvalue weighted by molar-refractivity contribution is 5.93. The number of nitrogens with two attached hydrogens (primary N) is 1. The highest BCUT2D eigenvalue weighted by atomic mass is 16.2. The van der Waals surface area contributed by atoms with Gasteiger partial charge in [-0.2, -0.15) is 0 Å². The number of nitrogens with zero attached hydrogens (tertiary/aromatic N) is 1. The van der Waals surface area contributed by atoms with Crippen LogP contribution >= 0.6 is 0 Å². The number of likely N-dealkylation sites (N-methyl/N-ethyl adjacent to an activating group) is 1. The fourth-order valence-electron chi connectivity index (χ4n) is 1.60. The lowest BCUT2D eigenvalue weighted by atomic mass is 10.1. The van der Waals surface area contributed by atoms with Crippen LogP contribution in [0.2, 0.25) is 0 Å². The number of amides is 1. The molecule has 1 aromatic rings. The molecule has 0 saturated carbocycles. The van der Waals surface area contributed by atoms with Crippen LogP contribution in [0.1, 0.15) is 11.1 Å². The molecular weight excluding hydrogens is 214 g/mol. The van der Waals surface area contributed by atoms with Crippen molar-refractivity contribution in [3.8, 4) is 0 Å². The number of carbonyl (C=O) groups is 1. The van der Waals surface area contributed by atoms with Crippen LogP contribution in [0.25, 0.3) is 0 Å². The molecule has 0 atom stereocenters. The summed E-state index contributed by atoms with van der Waals surface area (Å²) in [6, 6.07) is 6.02. The first-order valence-corrected chi connectivity index (χ1v) is 5.78. The summed E-state index contributed by atoms with van der Waals surface area (Å²) in [5, 5.41) is 2.92. The average Bonchev–Trinajstić information content (AvgIpc) is 2.23. The molecule has 1 amide bonds. The Kier molecular flexibility index (Phi) is 5.12. The standard InChI is InChI=1S/C13H21N3O/c1-10-4-5-11(2)12(8-10)15-13(17)9-16(3)7-6-14/h4-5,8H,6-7,9,14H2,1-3H3,(H,15,17). The molecule has 0 heterocycles. The molecule has 4 nitrogen and oxygen atoms in total. The molecule has 0 aromatic heterocycles. The Labute approximate surface area is 103 Å². The van der Waals surface area contributed by atoms with Gasteiger partial charge in [0.2, 0.25) is 5.91 Å². The van der Waals surface area contributed by atoms with Crippen LogP contribution < -0.4 is 11.1 Å².